The van der Waals surface area contributed by atoms with Crippen LogP contribution in [0, 0.1) is 5.92 Å². The molecule has 0 spiro atoms. The third-order valence-corrected chi connectivity index (χ3v) is 4.70. The Morgan fingerprint density at radius 2 is 2.00 bits per heavy atom. The number of ether oxygens (including phenoxy) is 1. The Labute approximate surface area is 106 Å². The zero-order chi connectivity index (χ0) is 11.4. The van der Waals surface area contributed by atoms with Gasteiger partial charge in [0.15, 0.2) is 0 Å². The standard InChI is InChI=1S/C14H19BrO/c1-16-14-9-5-3-7-12(14)10-11-6-2-4-8-13(11)15/h3,5,7,9,11,13H,2,4,6,8,10H2,1H3. The molecule has 1 aromatic carbocycles. The summed E-state index contributed by atoms with van der Waals surface area (Å²) in [5.74, 6) is 1.80. The van der Waals surface area contributed by atoms with Crippen molar-refractivity contribution in [1.82, 2.24) is 0 Å². The second-order valence-electron chi connectivity index (χ2n) is 4.58. The van der Waals surface area contributed by atoms with Crippen LogP contribution in [0.5, 0.6) is 5.75 Å². The summed E-state index contributed by atoms with van der Waals surface area (Å²) < 4.78 is 5.41. The molecule has 0 N–H and O–H groups in total. The van der Waals surface area contributed by atoms with Gasteiger partial charge in [-0.25, -0.2) is 0 Å². The van der Waals surface area contributed by atoms with Crippen LogP contribution in [0.1, 0.15) is 31.2 Å². The van der Waals surface area contributed by atoms with E-state index < -0.39 is 0 Å². The first-order chi connectivity index (χ1) is 7.81. The summed E-state index contributed by atoms with van der Waals surface area (Å²) in [6, 6.07) is 8.38. The second kappa shape index (κ2) is 5.72. The summed E-state index contributed by atoms with van der Waals surface area (Å²) in [5, 5.41) is 0. The number of alkyl halides is 1. The first-order valence-corrected chi connectivity index (χ1v) is 6.99. The van der Waals surface area contributed by atoms with Crippen molar-refractivity contribution in [1.29, 1.82) is 0 Å². The summed E-state index contributed by atoms with van der Waals surface area (Å²) in [5.41, 5.74) is 1.35. The van der Waals surface area contributed by atoms with Gasteiger partial charge in [0.25, 0.3) is 0 Å². The van der Waals surface area contributed by atoms with E-state index in [1.165, 1.54) is 31.2 Å². The highest BCUT2D eigenvalue weighted by Gasteiger charge is 2.23. The van der Waals surface area contributed by atoms with E-state index in [4.69, 9.17) is 4.74 Å². The Morgan fingerprint density at radius 1 is 1.25 bits per heavy atom. The average Bonchev–Trinajstić information content (AvgIpc) is 2.33. The molecule has 1 nitrogen and oxygen atoms in total. The van der Waals surface area contributed by atoms with Gasteiger partial charge in [0.05, 0.1) is 7.11 Å². The van der Waals surface area contributed by atoms with E-state index in [1.807, 2.05) is 6.07 Å². The Hall–Kier alpha value is -0.500. The van der Waals surface area contributed by atoms with Gasteiger partial charge in [-0.15, -0.1) is 0 Å². The molecular weight excluding hydrogens is 264 g/mol. The van der Waals surface area contributed by atoms with E-state index in [-0.39, 0.29) is 0 Å². The Bertz CT molecular complexity index is 337. The molecule has 0 radical (unpaired) electrons. The summed E-state index contributed by atoms with van der Waals surface area (Å²) in [4.78, 5) is 0.686. The Morgan fingerprint density at radius 3 is 2.75 bits per heavy atom. The number of methoxy groups -OCH3 is 1. The molecule has 2 unspecified atom stereocenters. The molecule has 0 bridgehead atoms. The fourth-order valence-corrected chi connectivity index (χ4v) is 3.32. The number of halogens is 1. The fourth-order valence-electron chi connectivity index (χ4n) is 2.55. The molecule has 2 heteroatoms. The first kappa shape index (κ1) is 12.0. The van der Waals surface area contributed by atoms with Gasteiger partial charge in [0, 0.05) is 4.83 Å². The van der Waals surface area contributed by atoms with Crippen LogP contribution in [-0.2, 0) is 6.42 Å². The second-order valence-corrected chi connectivity index (χ2v) is 5.75. The third kappa shape index (κ3) is 2.79. The molecule has 1 saturated carbocycles. The van der Waals surface area contributed by atoms with Crippen LogP contribution in [0.2, 0.25) is 0 Å². The largest absolute Gasteiger partial charge is 0.496 e. The zero-order valence-electron chi connectivity index (χ0n) is 9.79. The van der Waals surface area contributed by atoms with Gasteiger partial charge < -0.3 is 4.74 Å². The highest BCUT2D eigenvalue weighted by atomic mass is 79.9. The van der Waals surface area contributed by atoms with Crippen molar-refractivity contribution in [2.24, 2.45) is 5.92 Å². The number of benzene rings is 1. The molecular formula is C14H19BrO. The van der Waals surface area contributed by atoms with Gasteiger partial charge in [-0.1, -0.05) is 47.0 Å². The minimum atomic E-state index is 0.686. The van der Waals surface area contributed by atoms with Crippen LogP contribution in [-0.4, -0.2) is 11.9 Å². The molecule has 0 aliphatic heterocycles. The number of hydrogen-bond acceptors (Lipinski definition) is 1. The maximum absolute atomic E-state index is 5.41. The lowest BCUT2D eigenvalue weighted by molar-refractivity contribution is 0.362. The van der Waals surface area contributed by atoms with Gasteiger partial charge in [-0.05, 0) is 36.8 Å². The van der Waals surface area contributed by atoms with Crippen molar-refractivity contribution in [2.75, 3.05) is 7.11 Å². The molecule has 88 valence electrons. The normalized spacial score (nSPS) is 25.4. The molecule has 1 aliphatic rings. The van der Waals surface area contributed by atoms with Crippen LogP contribution in [0.3, 0.4) is 0 Å². The predicted octanol–water partition coefficient (Wildman–Crippen LogP) is 4.19. The fraction of sp³-hybridized carbons (Fsp3) is 0.571. The van der Waals surface area contributed by atoms with Crippen molar-refractivity contribution in [3.05, 3.63) is 29.8 Å². The van der Waals surface area contributed by atoms with Gasteiger partial charge in [-0.2, -0.15) is 0 Å². The van der Waals surface area contributed by atoms with E-state index in [9.17, 15) is 0 Å². The van der Waals surface area contributed by atoms with Crippen molar-refractivity contribution in [3.63, 3.8) is 0 Å². The molecule has 0 saturated heterocycles. The van der Waals surface area contributed by atoms with E-state index >= 15 is 0 Å². The van der Waals surface area contributed by atoms with E-state index in [0.29, 0.717) is 4.83 Å². The molecule has 16 heavy (non-hydrogen) atoms. The van der Waals surface area contributed by atoms with Crippen molar-refractivity contribution in [3.8, 4) is 5.75 Å². The van der Waals surface area contributed by atoms with Gasteiger partial charge in [0.1, 0.15) is 5.75 Å². The highest BCUT2D eigenvalue weighted by molar-refractivity contribution is 9.09. The zero-order valence-corrected chi connectivity index (χ0v) is 11.4. The monoisotopic (exact) mass is 282 g/mol. The van der Waals surface area contributed by atoms with E-state index in [1.54, 1.807) is 7.11 Å². The van der Waals surface area contributed by atoms with Crippen molar-refractivity contribution in [2.45, 2.75) is 36.9 Å². The molecule has 1 aliphatic carbocycles. The molecule has 2 atom stereocenters. The number of para-hydroxylation sites is 1. The molecule has 0 heterocycles. The molecule has 1 fully saturated rings. The molecule has 0 aromatic heterocycles. The summed E-state index contributed by atoms with van der Waals surface area (Å²) in [6.45, 7) is 0. The predicted molar refractivity (Wildman–Crippen MR) is 71.4 cm³/mol. The van der Waals surface area contributed by atoms with Crippen LogP contribution in [0.15, 0.2) is 24.3 Å². The topological polar surface area (TPSA) is 9.23 Å². The average molecular weight is 283 g/mol. The van der Waals surface area contributed by atoms with Crippen LogP contribution < -0.4 is 4.74 Å². The van der Waals surface area contributed by atoms with Crippen LogP contribution in [0.4, 0.5) is 0 Å². The maximum Gasteiger partial charge on any atom is 0.122 e. The molecule has 2 rings (SSSR count). The summed E-state index contributed by atoms with van der Waals surface area (Å²) >= 11 is 3.82. The van der Waals surface area contributed by atoms with Crippen molar-refractivity contribution >= 4 is 15.9 Å². The lowest BCUT2D eigenvalue weighted by Crippen LogP contribution is -2.21. The minimum Gasteiger partial charge on any atom is -0.496 e. The lowest BCUT2D eigenvalue weighted by Gasteiger charge is -2.27. The highest BCUT2D eigenvalue weighted by Crippen LogP contribution is 2.34. The summed E-state index contributed by atoms with van der Waals surface area (Å²) in [6.07, 6.45) is 6.55. The smallest absolute Gasteiger partial charge is 0.122 e. The lowest BCUT2D eigenvalue weighted by atomic mass is 9.84. The van der Waals surface area contributed by atoms with Gasteiger partial charge >= 0.3 is 0 Å². The van der Waals surface area contributed by atoms with Crippen LogP contribution >= 0.6 is 15.9 Å². The van der Waals surface area contributed by atoms with Gasteiger partial charge in [-0.3, -0.25) is 0 Å². The minimum absolute atomic E-state index is 0.686. The molecule has 0 amide bonds. The quantitative estimate of drug-likeness (QED) is 0.756. The van der Waals surface area contributed by atoms with Gasteiger partial charge in [0.2, 0.25) is 0 Å². The van der Waals surface area contributed by atoms with E-state index in [0.717, 1.165) is 18.1 Å². The first-order valence-electron chi connectivity index (χ1n) is 6.07. The maximum atomic E-state index is 5.41. The molecule has 1 aromatic rings. The SMILES string of the molecule is COc1ccccc1CC1CCCCC1Br. The van der Waals surface area contributed by atoms with Crippen molar-refractivity contribution < 1.29 is 4.74 Å². The summed E-state index contributed by atoms with van der Waals surface area (Å²) in [7, 11) is 1.76. The number of rotatable bonds is 3. The Kier molecular flexibility index (Phi) is 4.28. The third-order valence-electron chi connectivity index (χ3n) is 3.49. The van der Waals surface area contributed by atoms with E-state index in [2.05, 4.69) is 34.1 Å². The van der Waals surface area contributed by atoms with Crippen LogP contribution in [0.25, 0.3) is 0 Å². The Balaban J connectivity index is 2.07. The number of hydrogen-bond donors (Lipinski definition) is 0.